The van der Waals surface area contributed by atoms with Crippen LogP contribution in [0.5, 0.6) is 5.75 Å². The van der Waals surface area contributed by atoms with E-state index < -0.39 is 0 Å². The molecule has 0 unspecified atom stereocenters. The summed E-state index contributed by atoms with van der Waals surface area (Å²) < 4.78 is 7.65. The fraction of sp³-hybridized carbons (Fsp3) is 0.438. The highest BCUT2D eigenvalue weighted by molar-refractivity contribution is 5.60. The van der Waals surface area contributed by atoms with Crippen molar-refractivity contribution in [1.29, 1.82) is 0 Å². The molecule has 25 heavy (non-hydrogen) atoms. The zero-order chi connectivity index (χ0) is 17.8. The summed E-state index contributed by atoms with van der Waals surface area (Å²) in [7, 11) is 1.74. The summed E-state index contributed by atoms with van der Waals surface area (Å²) in [5, 5.41) is 25.2. The van der Waals surface area contributed by atoms with Gasteiger partial charge < -0.3 is 9.84 Å². The predicted octanol–water partition coefficient (Wildman–Crippen LogP) is 1.05. The molecule has 0 spiro atoms. The van der Waals surface area contributed by atoms with Crippen molar-refractivity contribution >= 4 is 0 Å². The molecule has 0 saturated carbocycles. The van der Waals surface area contributed by atoms with Gasteiger partial charge in [0.1, 0.15) is 18.7 Å². The second-order valence-corrected chi connectivity index (χ2v) is 5.83. The Bertz CT molecular complexity index is 833. The SMILES string of the molecule is Cc1cc(-c2nnn(C)n2)cc(C)c1OCCCn1cnc(CO)n1. The maximum absolute atomic E-state index is 8.96. The number of hydrogen-bond acceptors (Lipinski definition) is 7. The first-order valence-corrected chi connectivity index (χ1v) is 8.04. The Morgan fingerprint density at radius 2 is 1.92 bits per heavy atom. The average molecular weight is 343 g/mol. The zero-order valence-electron chi connectivity index (χ0n) is 14.5. The third-order valence-corrected chi connectivity index (χ3v) is 3.73. The zero-order valence-corrected chi connectivity index (χ0v) is 14.5. The van der Waals surface area contributed by atoms with E-state index in [-0.39, 0.29) is 6.61 Å². The third kappa shape index (κ3) is 4.00. The Kier molecular flexibility index (Phi) is 5.03. The second kappa shape index (κ2) is 7.39. The largest absolute Gasteiger partial charge is 0.493 e. The van der Waals surface area contributed by atoms with Gasteiger partial charge in [0.05, 0.1) is 13.7 Å². The van der Waals surface area contributed by atoms with Crippen LogP contribution in [0, 0.1) is 13.8 Å². The van der Waals surface area contributed by atoms with E-state index in [9.17, 15) is 0 Å². The van der Waals surface area contributed by atoms with Gasteiger partial charge in [-0.1, -0.05) is 0 Å². The predicted molar refractivity (Wildman–Crippen MR) is 89.8 cm³/mol. The van der Waals surface area contributed by atoms with Crippen LogP contribution in [0.4, 0.5) is 0 Å². The number of benzene rings is 1. The van der Waals surface area contributed by atoms with Crippen LogP contribution in [0.15, 0.2) is 18.5 Å². The lowest BCUT2D eigenvalue weighted by atomic mass is 10.1. The molecule has 9 nitrogen and oxygen atoms in total. The van der Waals surface area contributed by atoms with E-state index in [1.54, 1.807) is 18.1 Å². The van der Waals surface area contributed by atoms with Gasteiger partial charge in [0.25, 0.3) is 0 Å². The fourth-order valence-corrected chi connectivity index (χ4v) is 2.62. The van der Waals surface area contributed by atoms with Crippen molar-refractivity contribution < 1.29 is 9.84 Å². The number of nitrogens with zero attached hydrogens (tertiary/aromatic N) is 7. The van der Waals surface area contributed by atoms with Crippen LogP contribution >= 0.6 is 0 Å². The molecule has 0 aliphatic heterocycles. The standard InChI is InChI=1S/C16H21N7O2/c1-11-7-13(16-18-21-22(3)20-16)8-12(2)15(11)25-6-4-5-23-10-17-14(9-24)19-23/h7-8,10,24H,4-6,9H2,1-3H3. The minimum atomic E-state index is -0.144. The lowest BCUT2D eigenvalue weighted by Gasteiger charge is -2.13. The number of hydrogen-bond donors (Lipinski definition) is 1. The van der Waals surface area contributed by atoms with Crippen molar-refractivity contribution in [2.45, 2.75) is 33.4 Å². The minimum absolute atomic E-state index is 0.144. The third-order valence-electron chi connectivity index (χ3n) is 3.73. The van der Waals surface area contributed by atoms with Gasteiger partial charge in [-0.15, -0.1) is 10.2 Å². The molecule has 0 amide bonds. The first-order valence-electron chi connectivity index (χ1n) is 8.04. The van der Waals surface area contributed by atoms with Crippen molar-refractivity contribution in [3.63, 3.8) is 0 Å². The van der Waals surface area contributed by atoms with Gasteiger partial charge in [0.2, 0.25) is 5.82 Å². The van der Waals surface area contributed by atoms with Crippen molar-refractivity contribution in [1.82, 2.24) is 35.0 Å². The van der Waals surface area contributed by atoms with Crippen molar-refractivity contribution in [2.75, 3.05) is 6.61 Å². The molecule has 0 atom stereocenters. The molecule has 132 valence electrons. The Morgan fingerprint density at radius 1 is 1.16 bits per heavy atom. The molecule has 2 aromatic heterocycles. The van der Waals surface area contributed by atoms with E-state index >= 15 is 0 Å². The number of aliphatic hydroxyl groups is 1. The van der Waals surface area contributed by atoms with Crippen LogP contribution in [-0.2, 0) is 20.2 Å². The normalized spacial score (nSPS) is 11.0. The van der Waals surface area contributed by atoms with Crippen molar-refractivity contribution in [3.05, 3.63) is 35.4 Å². The average Bonchev–Trinajstić information content (AvgIpc) is 3.22. The number of tetrazole rings is 1. The van der Waals surface area contributed by atoms with Gasteiger partial charge in [-0.3, -0.25) is 4.68 Å². The highest BCUT2D eigenvalue weighted by Gasteiger charge is 2.11. The molecular formula is C16H21N7O2. The van der Waals surface area contributed by atoms with E-state index in [1.165, 1.54) is 4.80 Å². The first-order chi connectivity index (χ1) is 12.1. The summed E-state index contributed by atoms with van der Waals surface area (Å²) in [6.07, 6.45) is 2.41. The highest BCUT2D eigenvalue weighted by Crippen LogP contribution is 2.28. The lowest BCUT2D eigenvalue weighted by molar-refractivity contribution is 0.269. The maximum Gasteiger partial charge on any atom is 0.204 e. The molecule has 1 aromatic carbocycles. The van der Waals surface area contributed by atoms with Gasteiger partial charge in [-0.25, -0.2) is 4.98 Å². The number of aliphatic hydroxyl groups excluding tert-OH is 1. The summed E-state index contributed by atoms with van der Waals surface area (Å²) >= 11 is 0. The molecule has 3 aromatic rings. The van der Waals surface area contributed by atoms with Gasteiger partial charge in [-0.05, 0) is 42.3 Å². The van der Waals surface area contributed by atoms with E-state index in [4.69, 9.17) is 9.84 Å². The summed E-state index contributed by atoms with van der Waals surface area (Å²) in [6, 6.07) is 4.01. The maximum atomic E-state index is 8.96. The van der Waals surface area contributed by atoms with Gasteiger partial charge >= 0.3 is 0 Å². The topological polar surface area (TPSA) is 104 Å². The van der Waals surface area contributed by atoms with Gasteiger partial charge in [0, 0.05) is 18.5 Å². The number of aryl methyl sites for hydroxylation is 4. The van der Waals surface area contributed by atoms with Gasteiger partial charge in [0.15, 0.2) is 5.82 Å². The highest BCUT2D eigenvalue weighted by atomic mass is 16.5. The van der Waals surface area contributed by atoms with E-state index in [0.717, 1.165) is 28.9 Å². The molecule has 0 fully saturated rings. The van der Waals surface area contributed by atoms with Crippen LogP contribution < -0.4 is 4.74 Å². The molecule has 1 N–H and O–H groups in total. The summed E-state index contributed by atoms with van der Waals surface area (Å²) in [4.78, 5) is 5.42. The molecular weight excluding hydrogens is 322 g/mol. The van der Waals surface area contributed by atoms with Gasteiger partial charge in [-0.2, -0.15) is 9.90 Å². The molecule has 0 aliphatic rings. The monoisotopic (exact) mass is 343 g/mol. The fourth-order valence-electron chi connectivity index (χ4n) is 2.62. The smallest absolute Gasteiger partial charge is 0.204 e. The van der Waals surface area contributed by atoms with Crippen LogP contribution in [0.1, 0.15) is 23.4 Å². The quantitative estimate of drug-likeness (QED) is 0.639. The molecule has 2 heterocycles. The van der Waals surface area contributed by atoms with E-state index in [1.807, 2.05) is 26.0 Å². The summed E-state index contributed by atoms with van der Waals surface area (Å²) in [5.74, 6) is 1.91. The Hall–Kier alpha value is -2.81. The minimum Gasteiger partial charge on any atom is -0.493 e. The molecule has 9 heteroatoms. The Balaban J connectivity index is 1.60. The van der Waals surface area contributed by atoms with Crippen LogP contribution in [0.3, 0.4) is 0 Å². The number of rotatable bonds is 7. The van der Waals surface area contributed by atoms with Crippen molar-refractivity contribution in [2.24, 2.45) is 7.05 Å². The summed E-state index contributed by atoms with van der Waals surface area (Å²) in [6.45, 7) is 5.13. The molecule has 0 radical (unpaired) electrons. The molecule has 3 rings (SSSR count). The first kappa shape index (κ1) is 17.0. The number of aromatic nitrogens is 7. The lowest BCUT2D eigenvalue weighted by Crippen LogP contribution is -2.07. The molecule has 0 aliphatic carbocycles. The van der Waals surface area contributed by atoms with E-state index in [0.29, 0.717) is 24.8 Å². The van der Waals surface area contributed by atoms with Crippen LogP contribution in [0.25, 0.3) is 11.4 Å². The Labute approximate surface area is 145 Å². The summed E-state index contributed by atoms with van der Waals surface area (Å²) in [5.41, 5.74) is 2.99. The molecule has 0 bridgehead atoms. The van der Waals surface area contributed by atoms with Crippen LogP contribution in [0.2, 0.25) is 0 Å². The van der Waals surface area contributed by atoms with Crippen molar-refractivity contribution in [3.8, 4) is 17.1 Å². The van der Waals surface area contributed by atoms with Crippen LogP contribution in [-0.4, -0.2) is 46.7 Å². The number of ether oxygens (including phenoxy) is 1. The second-order valence-electron chi connectivity index (χ2n) is 5.83. The van der Waals surface area contributed by atoms with E-state index in [2.05, 4.69) is 25.5 Å². The Morgan fingerprint density at radius 3 is 2.52 bits per heavy atom. The molecule has 0 saturated heterocycles.